The first-order valence-corrected chi connectivity index (χ1v) is 16.7. The zero-order chi connectivity index (χ0) is 27.8. The Hall–Kier alpha value is -2.20. The fraction of sp³-hybridized carbons (Fsp3) is 0.655. The van der Waals surface area contributed by atoms with Crippen LogP contribution in [0.4, 0.5) is 10.5 Å². The Balaban J connectivity index is 1.85. The standard InChI is InChI=1S/C29H44N2O6Si/c1-9-15-35-28(33)31-22-18-20(3)19(2)17-21(22)26(32)30-14-13-23(37-38(7,8)29(4,5)6)25(30)27(31)36-24-12-10-11-16-34-24/h9,17-18,23-25,27H,1,10-16H2,2-8H3/t23-,24?,25-,27?/m0/s1. The predicted octanol–water partition coefficient (Wildman–Crippen LogP) is 5.92. The Labute approximate surface area is 228 Å². The Kier molecular flexibility index (Phi) is 8.42. The third-order valence-electron chi connectivity index (χ3n) is 8.51. The van der Waals surface area contributed by atoms with Crippen LogP contribution in [-0.4, -0.2) is 69.6 Å². The van der Waals surface area contributed by atoms with Crippen LogP contribution in [0.2, 0.25) is 18.1 Å². The summed E-state index contributed by atoms with van der Waals surface area (Å²) in [6.45, 7) is 19.9. The second-order valence-electron chi connectivity index (χ2n) is 12.2. The van der Waals surface area contributed by atoms with E-state index < -0.39 is 33.0 Å². The Bertz CT molecular complexity index is 1060. The summed E-state index contributed by atoms with van der Waals surface area (Å²) in [5.74, 6) is -0.119. The molecular formula is C29H44N2O6Si. The topological polar surface area (TPSA) is 77.5 Å². The average Bonchev–Trinajstić information content (AvgIpc) is 3.22. The third kappa shape index (κ3) is 5.57. The molecule has 2 saturated heterocycles. The lowest BCUT2D eigenvalue weighted by Gasteiger charge is -2.43. The highest BCUT2D eigenvalue weighted by Crippen LogP contribution is 2.43. The maximum Gasteiger partial charge on any atom is 0.416 e. The van der Waals surface area contributed by atoms with Gasteiger partial charge in [-0.25, -0.2) is 9.69 Å². The van der Waals surface area contributed by atoms with Gasteiger partial charge in [0.25, 0.3) is 5.91 Å². The van der Waals surface area contributed by atoms with E-state index in [2.05, 4.69) is 40.4 Å². The largest absolute Gasteiger partial charge is 0.445 e. The van der Waals surface area contributed by atoms with Gasteiger partial charge in [-0.05, 0) is 80.9 Å². The second-order valence-corrected chi connectivity index (χ2v) is 17.0. The second kappa shape index (κ2) is 11.1. The number of fused-ring (bicyclic) bond motifs is 2. The van der Waals surface area contributed by atoms with Crippen LogP contribution in [0.1, 0.15) is 67.9 Å². The Morgan fingerprint density at radius 1 is 1.18 bits per heavy atom. The highest BCUT2D eigenvalue weighted by atomic mass is 28.4. The number of carbonyl (C=O) groups excluding carboxylic acids is 2. The van der Waals surface area contributed by atoms with E-state index in [9.17, 15) is 9.59 Å². The molecule has 2 fully saturated rings. The van der Waals surface area contributed by atoms with Crippen molar-refractivity contribution in [1.82, 2.24) is 4.90 Å². The van der Waals surface area contributed by atoms with Crippen molar-refractivity contribution in [2.75, 3.05) is 24.7 Å². The molecule has 0 spiro atoms. The SMILES string of the molecule is C=CCOC(=O)N1c2cc(C)c(C)cc2C(=O)N2CC[C@H](O[Si](C)(C)C(C)(C)C)[C@H]2C1OC1CCCCO1. The number of ether oxygens (including phenoxy) is 3. The van der Waals surface area contributed by atoms with Crippen LogP contribution >= 0.6 is 0 Å². The summed E-state index contributed by atoms with van der Waals surface area (Å²) < 4.78 is 25.2. The fourth-order valence-corrected chi connectivity index (χ4v) is 6.55. The molecule has 0 aromatic heterocycles. The van der Waals surface area contributed by atoms with E-state index in [4.69, 9.17) is 18.6 Å². The van der Waals surface area contributed by atoms with Gasteiger partial charge < -0.3 is 23.5 Å². The van der Waals surface area contributed by atoms with Gasteiger partial charge in [0.1, 0.15) is 12.6 Å². The molecule has 0 saturated carbocycles. The van der Waals surface area contributed by atoms with Crippen molar-refractivity contribution in [2.24, 2.45) is 0 Å². The van der Waals surface area contributed by atoms with Crippen LogP contribution in [0.25, 0.3) is 0 Å². The summed E-state index contributed by atoms with van der Waals surface area (Å²) in [7, 11) is -2.21. The third-order valence-corrected chi connectivity index (χ3v) is 13.0. The van der Waals surface area contributed by atoms with Crippen molar-refractivity contribution >= 4 is 26.0 Å². The van der Waals surface area contributed by atoms with Crippen LogP contribution in [0, 0.1) is 13.8 Å². The first kappa shape index (κ1) is 28.8. The van der Waals surface area contributed by atoms with Crippen molar-refractivity contribution in [3.8, 4) is 0 Å². The lowest BCUT2D eigenvalue weighted by atomic mass is 10.0. The number of carbonyl (C=O) groups is 2. The minimum atomic E-state index is -2.21. The quantitative estimate of drug-likeness (QED) is 0.327. The number of anilines is 1. The molecule has 1 aromatic carbocycles. The normalized spacial score (nSPS) is 26.0. The van der Waals surface area contributed by atoms with E-state index in [1.165, 1.54) is 11.0 Å². The lowest BCUT2D eigenvalue weighted by Crippen LogP contribution is -2.59. The maximum atomic E-state index is 14.1. The summed E-state index contributed by atoms with van der Waals surface area (Å²) in [6, 6.07) is 3.26. The fourth-order valence-electron chi connectivity index (χ4n) is 5.18. The van der Waals surface area contributed by atoms with Gasteiger partial charge >= 0.3 is 6.09 Å². The maximum absolute atomic E-state index is 14.1. The van der Waals surface area contributed by atoms with Crippen molar-refractivity contribution in [1.29, 1.82) is 0 Å². The molecule has 2 unspecified atom stereocenters. The van der Waals surface area contributed by atoms with Gasteiger partial charge in [0.2, 0.25) is 0 Å². The molecule has 0 aliphatic carbocycles. The summed E-state index contributed by atoms with van der Waals surface area (Å²) in [5.41, 5.74) is 2.92. The molecule has 0 bridgehead atoms. The number of hydrogen-bond donors (Lipinski definition) is 0. The molecule has 3 aliphatic rings. The zero-order valence-corrected chi connectivity index (χ0v) is 25.0. The number of hydrogen-bond acceptors (Lipinski definition) is 6. The molecule has 3 aliphatic heterocycles. The highest BCUT2D eigenvalue weighted by Gasteiger charge is 2.54. The smallest absolute Gasteiger partial charge is 0.416 e. The highest BCUT2D eigenvalue weighted by molar-refractivity contribution is 6.74. The Morgan fingerprint density at radius 3 is 2.53 bits per heavy atom. The van der Waals surface area contributed by atoms with E-state index in [1.54, 1.807) is 0 Å². The summed E-state index contributed by atoms with van der Waals surface area (Å²) in [4.78, 5) is 31.2. The molecule has 1 aromatic rings. The van der Waals surface area contributed by atoms with Gasteiger partial charge in [0.05, 0.1) is 17.4 Å². The summed E-state index contributed by atoms with van der Waals surface area (Å²) in [5, 5.41) is -0.0161. The summed E-state index contributed by atoms with van der Waals surface area (Å²) in [6.07, 6.45) is 2.69. The molecule has 38 heavy (non-hydrogen) atoms. The van der Waals surface area contributed by atoms with Gasteiger partial charge in [-0.15, -0.1) is 0 Å². The van der Waals surface area contributed by atoms with Gasteiger partial charge in [-0.3, -0.25) is 4.79 Å². The number of benzene rings is 1. The van der Waals surface area contributed by atoms with Crippen LogP contribution in [0.3, 0.4) is 0 Å². The average molecular weight is 545 g/mol. The van der Waals surface area contributed by atoms with Gasteiger partial charge in [-0.1, -0.05) is 33.4 Å². The summed E-state index contributed by atoms with van der Waals surface area (Å²) >= 11 is 0. The zero-order valence-electron chi connectivity index (χ0n) is 24.0. The van der Waals surface area contributed by atoms with Gasteiger partial charge in [0.15, 0.2) is 20.8 Å². The van der Waals surface area contributed by atoms with Crippen LogP contribution in [0.15, 0.2) is 24.8 Å². The Morgan fingerprint density at radius 2 is 1.89 bits per heavy atom. The van der Waals surface area contributed by atoms with Crippen LogP contribution in [-0.2, 0) is 18.6 Å². The predicted molar refractivity (Wildman–Crippen MR) is 150 cm³/mol. The van der Waals surface area contributed by atoms with Crippen molar-refractivity contribution in [2.45, 2.75) is 103 Å². The lowest BCUT2D eigenvalue weighted by molar-refractivity contribution is -0.199. The number of nitrogens with zero attached hydrogens (tertiary/aromatic N) is 2. The molecule has 9 heteroatoms. The number of rotatable bonds is 6. The van der Waals surface area contributed by atoms with Crippen molar-refractivity contribution < 1.29 is 28.2 Å². The van der Waals surface area contributed by atoms with Gasteiger partial charge in [0, 0.05) is 13.2 Å². The van der Waals surface area contributed by atoms with Crippen LogP contribution in [0.5, 0.6) is 0 Å². The monoisotopic (exact) mass is 544 g/mol. The van der Waals surface area contributed by atoms with E-state index in [0.29, 0.717) is 30.8 Å². The molecular weight excluding hydrogens is 500 g/mol. The van der Waals surface area contributed by atoms with E-state index in [0.717, 1.165) is 30.4 Å². The molecule has 8 nitrogen and oxygen atoms in total. The number of amides is 2. The molecule has 4 rings (SSSR count). The van der Waals surface area contributed by atoms with Gasteiger partial charge in [-0.2, -0.15) is 0 Å². The number of aryl methyl sites for hydroxylation is 2. The molecule has 2 amide bonds. The minimum absolute atomic E-state index is 0.0161. The van der Waals surface area contributed by atoms with E-state index in [1.807, 2.05) is 30.9 Å². The van der Waals surface area contributed by atoms with Crippen molar-refractivity contribution in [3.63, 3.8) is 0 Å². The van der Waals surface area contributed by atoms with Crippen molar-refractivity contribution in [3.05, 3.63) is 41.5 Å². The minimum Gasteiger partial charge on any atom is -0.445 e. The van der Waals surface area contributed by atoms with E-state index in [-0.39, 0.29) is 23.7 Å². The molecule has 3 heterocycles. The molecule has 4 atom stereocenters. The van der Waals surface area contributed by atoms with E-state index >= 15 is 0 Å². The van der Waals surface area contributed by atoms with Crippen LogP contribution < -0.4 is 4.90 Å². The molecule has 0 radical (unpaired) electrons. The first-order chi connectivity index (χ1) is 17.9. The molecule has 210 valence electrons. The first-order valence-electron chi connectivity index (χ1n) is 13.8. The molecule has 0 N–H and O–H groups in total.